The first-order chi connectivity index (χ1) is 7.99. The smallest absolute Gasteiger partial charge is 0.239 e. The van der Waals surface area contributed by atoms with Gasteiger partial charge in [0, 0.05) is 18.2 Å². The molecule has 1 aromatic rings. The molecule has 0 aliphatic carbocycles. The molecule has 1 heterocycles. The Morgan fingerprint density at radius 2 is 2.41 bits per heavy atom. The molecule has 1 aromatic heterocycles. The normalized spacial score (nSPS) is 14.3. The van der Waals surface area contributed by atoms with Crippen molar-refractivity contribution in [1.82, 2.24) is 9.78 Å². The summed E-state index contributed by atoms with van der Waals surface area (Å²) in [5, 5.41) is 16.5. The highest BCUT2D eigenvalue weighted by Crippen LogP contribution is 2.20. The monoisotopic (exact) mass is 240 g/mol. The van der Waals surface area contributed by atoms with Crippen molar-refractivity contribution in [2.75, 3.05) is 18.5 Å². The number of aliphatic hydroxyl groups excluding tert-OH is 1. The molecule has 6 nitrogen and oxygen atoms in total. The maximum atomic E-state index is 10.7. The SMILES string of the molecule is CCC(C)(CO)CNc1cnn(CC(N)=O)c1. The van der Waals surface area contributed by atoms with Crippen LogP contribution in [0.15, 0.2) is 12.4 Å². The summed E-state index contributed by atoms with van der Waals surface area (Å²) in [6, 6.07) is 0. The number of anilines is 1. The predicted octanol–water partition coefficient (Wildman–Crippen LogP) is 0.189. The van der Waals surface area contributed by atoms with E-state index in [1.807, 2.05) is 13.8 Å². The van der Waals surface area contributed by atoms with Crippen LogP contribution in [0.25, 0.3) is 0 Å². The van der Waals surface area contributed by atoms with Crippen LogP contribution in [0.2, 0.25) is 0 Å². The molecule has 0 aromatic carbocycles. The van der Waals surface area contributed by atoms with Crippen molar-refractivity contribution < 1.29 is 9.90 Å². The van der Waals surface area contributed by atoms with E-state index in [1.165, 1.54) is 4.68 Å². The van der Waals surface area contributed by atoms with Gasteiger partial charge in [-0.2, -0.15) is 5.10 Å². The summed E-state index contributed by atoms with van der Waals surface area (Å²) in [5.74, 6) is -0.423. The molecule has 0 saturated carbocycles. The van der Waals surface area contributed by atoms with Crippen LogP contribution in [0.4, 0.5) is 5.69 Å². The van der Waals surface area contributed by atoms with E-state index in [1.54, 1.807) is 12.4 Å². The minimum atomic E-state index is -0.423. The highest BCUT2D eigenvalue weighted by atomic mass is 16.3. The lowest BCUT2D eigenvalue weighted by molar-refractivity contribution is -0.118. The summed E-state index contributed by atoms with van der Waals surface area (Å²) in [7, 11) is 0. The van der Waals surface area contributed by atoms with Crippen LogP contribution >= 0.6 is 0 Å². The molecule has 0 radical (unpaired) electrons. The van der Waals surface area contributed by atoms with Gasteiger partial charge in [0.05, 0.1) is 18.5 Å². The molecule has 0 aliphatic rings. The lowest BCUT2D eigenvalue weighted by atomic mass is 9.89. The van der Waals surface area contributed by atoms with Crippen molar-refractivity contribution in [2.45, 2.75) is 26.8 Å². The number of amides is 1. The third kappa shape index (κ3) is 4.07. The summed E-state index contributed by atoms with van der Waals surface area (Å²) in [6.07, 6.45) is 4.24. The molecule has 0 spiro atoms. The molecule has 0 aliphatic heterocycles. The number of nitrogens with zero attached hydrogens (tertiary/aromatic N) is 2. The summed E-state index contributed by atoms with van der Waals surface area (Å²) in [4.78, 5) is 10.7. The zero-order valence-electron chi connectivity index (χ0n) is 10.3. The first-order valence-electron chi connectivity index (χ1n) is 5.64. The van der Waals surface area contributed by atoms with Crippen molar-refractivity contribution in [3.63, 3.8) is 0 Å². The Morgan fingerprint density at radius 1 is 1.71 bits per heavy atom. The van der Waals surface area contributed by atoms with Crippen molar-refractivity contribution in [3.8, 4) is 0 Å². The van der Waals surface area contributed by atoms with Crippen molar-refractivity contribution >= 4 is 11.6 Å². The average molecular weight is 240 g/mol. The van der Waals surface area contributed by atoms with E-state index in [9.17, 15) is 9.90 Å². The van der Waals surface area contributed by atoms with Crippen LogP contribution in [0.3, 0.4) is 0 Å². The molecule has 96 valence electrons. The van der Waals surface area contributed by atoms with Gasteiger partial charge in [0.15, 0.2) is 0 Å². The van der Waals surface area contributed by atoms with Crippen LogP contribution in [0.1, 0.15) is 20.3 Å². The lowest BCUT2D eigenvalue weighted by Gasteiger charge is -2.25. The van der Waals surface area contributed by atoms with Crippen molar-refractivity contribution in [1.29, 1.82) is 0 Å². The fraction of sp³-hybridized carbons (Fsp3) is 0.636. The first-order valence-corrected chi connectivity index (χ1v) is 5.64. The fourth-order valence-electron chi connectivity index (χ4n) is 1.31. The maximum Gasteiger partial charge on any atom is 0.239 e. The molecular weight excluding hydrogens is 220 g/mol. The van der Waals surface area contributed by atoms with Crippen molar-refractivity contribution in [2.24, 2.45) is 11.1 Å². The van der Waals surface area contributed by atoms with E-state index >= 15 is 0 Å². The molecule has 0 bridgehead atoms. The number of aliphatic hydroxyl groups is 1. The van der Waals surface area contributed by atoms with E-state index < -0.39 is 5.91 Å². The zero-order chi connectivity index (χ0) is 12.9. The number of nitrogens with two attached hydrogens (primary N) is 1. The van der Waals surface area contributed by atoms with Gasteiger partial charge in [-0.05, 0) is 6.42 Å². The average Bonchev–Trinajstić information content (AvgIpc) is 2.73. The van der Waals surface area contributed by atoms with Crippen LogP contribution < -0.4 is 11.1 Å². The molecule has 1 amide bonds. The van der Waals surface area contributed by atoms with Crippen LogP contribution in [0, 0.1) is 5.41 Å². The maximum absolute atomic E-state index is 10.7. The number of rotatable bonds is 7. The summed E-state index contributed by atoms with van der Waals surface area (Å²) >= 11 is 0. The molecule has 0 saturated heterocycles. The highest BCUT2D eigenvalue weighted by Gasteiger charge is 2.20. The number of nitrogens with one attached hydrogen (secondary N) is 1. The minimum absolute atomic E-state index is 0.0761. The molecule has 1 unspecified atom stereocenters. The molecule has 0 fully saturated rings. The fourth-order valence-corrected chi connectivity index (χ4v) is 1.31. The van der Waals surface area contributed by atoms with E-state index in [0.717, 1.165) is 12.1 Å². The third-order valence-corrected chi connectivity index (χ3v) is 2.91. The second-order valence-corrected chi connectivity index (χ2v) is 4.57. The Balaban J connectivity index is 2.52. The van der Waals surface area contributed by atoms with Gasteiger partial charge in [0.1, 0.15) is 6.54 Å². The van der Waals surface area contributed by atoms with Crippen LogP contribution in [-0.2, 0) is 11.3 Å². The van der Waals surface area contributed by atoms with Gasteiger partial charge in [0.2, 0.25) is 5.91 Å². The molecule has 1 atom stereocenters. The Labute approximate surface area is 101 Å². The number of hydrogen-bond donors (Lipinski definition) is 3. The highest BCUT2D eigenvalue weighted by molar-refractivity contribution is 5.73. The van der Waals surface area contributed by atoms with Gasteiger partial charge in [-0.25, -0.2) is 0 Å². The van der Waals surface area contributed by atoms with Gasteiger partial charge >= 0.3 is 0 Å². The molecular formula is C11H20N4O2. The Morgan fingerprint density at radius 3 is 2.94 bits per heavy atom. The molecule has 6 heteroatoms. The quantitative estimate of drug-likeness (QED) is 0.634. The van der Waals surface area contributed by atoms with Crippen molar-refractivity contribution in [3.05, 3.63) is 12.4 Å². The second kappa shape index (κ2) is 5.67. The van der Waals surface area contributed by atoms with Gasteiger partial charge in [0.25, 0.3) is 0 Å². The number of carbonyl (C=O) groups excluding carboxylic acids is 1. The summed E-state index contributed by atoms with van der Waals surface area (Å²) in [6.45, 7) is 4.91. The zero-order valence-corrected chi connectivity index (χ0v) is 10.3. The Bertz CT molecular complexity index is 371. The lowest BCUT2D eigenvalue weighted by Crippen LogP contribution is -2.29. The number of aromatic nitrogens is 2. The van der Waals surface area contributed by atoms with Crippen LogP contribution in [-0.4, -0.2) is 33.9 Å². The van der Waals surface area contributed by atoms with Gasteiger partial charge in [-0.3, -0.25) is 9.48 Å². The van der Waals surface area contributed by atoms with Crippen LogP contribution in [0.5, 0.6) is 0 Å². The Hall–Kier alpha value is -1.56. The molecule has 1 rings (SSSR count). The third-order valence-electron chi connectivity index (χ3n) is 2.91. The number of hydrogen-bond acceptors (Lipinski definition) is 4. The molecule has 17 heavy (non-hydrogen) atoms. The first kappa shape index (κ1) is 13.5. The summed E-state index contributed by atoms with van der Waals surface area (Å²) < 4.78 is 1.48. The van der Waals surface area contributed by atoms with E-state index in [2.05, 4.69) is 10.4 Å². The standard InChI is InChI=1S/C11H20N4O2/c1-3-11(2,8-16)7-13-9-4-14-15(5-9)6-10(12)17/h4-5,13,16H,3,6-8H2,1-2H3,(H2,12,17). The van der Waals surface area contributed by atoms with E-state index in [4.69, 9.17) is 5.73 Å². The van der Waals surface area contributed by atoms with E-state index in [-0.39, 0.29) is 18.6 Å². The number of primary amides is 1. The van der Waals surface area contributed by atoms with Gasteiger partial charge in [-0.15, -0.1) is 0 Å². The Kier molecular flexibility index (Phi) is 4.51. The molecule has 4 N–H and O–H groups in total. The predicted molar refractivity (Wildman–Crippen MR) is 65.4 cm³/mol. The minimum Gasteiger partial charge on any atom is -0.396 e. The summed E-state index contributed by atoms with van der Waals surface area (Å²) in [5.41, 5.74) is 5.74. The van der Waals surface area contributed by atoms with Gasteiger partial charge in [-0.1, -0.05) is 13.8 Å². The van der Waals surface area contributed by atoms with E-state index in [0.29, 0.717) is 6.54 Å². The largest absolute Gasteiger partial charge is 0.396 e. The topological polar surface area (TPSA) is 93.2 Å². The number of carbonyl (C=O) groups is 1. The van der Waals surface area contributed by atoms with Gasteiger partial charge < -0.3 is 16.2 Å². The second-order valence-electron chi connectivity index (χ2n) is 4.57.